The van der Waals surface area contributed by atoms with E-state index in [1.54, 1.807) is 49.8 Å². The molecule has 8 nitrogen and oxygen atoms in total. The van der Waals surface area contributed by atoms with Crippen LogP contribution in [0.2, 0.25) is 0 Å². The van der Waals surface area contributed by atoms with Gasteiger partial charge in [-0.3, -0.25) is 9.78 Å². The third-order valence-electron chi connectivity index (χ3n) is 3.74. The number of nitrogens with one attached hydrogen (secondary N) is 1. The van der Waals surface area contributed by atoms with E-state index in [2.05, 4.69) is 15.5 Å². The molecular weight excluding hydrogens is 362 g/mol. The Labute approximate surface area is 162 Å². The van der Waals surface area contributed by atoms with Crippen molar-refractivity contribution < 1.29 is 23.5 Å². The molecule has 0 fully saturated rings. The Balaban J connectivity index is 1.46. The molecule has 2 aromatic heterocycles. The van der Waals surface area contributed by atoms with Gasteiger partial charge in [0, 0.05) is 18.3 Å². The van der Waals surface area contributed by atoms with Gasteiger partial charge >= 0.3 is 0 Å². The molecule has 0 bridgehead atoms. The van der Waals surface area contributed by atoms with Crippen molar-refractivity contribution >= 4 is 5.91 Å². The molecule has 3 aromatic rings. The first-order valence-electron chi connectivity index (χ1n) is 8.71. The van der Waals surface area contributed by atoms with E-state index in [0.29, 0.717) is 29.6 Å². The molecule has 0 spiro atoms. The molecule has 0 saturated heterocycles. The molecule has 146 valence electrons. The molecule has 0 aliphatic carbocycles. The summed E-state index contributed by atoms with van der Waals surface area (Å²) >= 11 is 0. The summed E-state index contributed by atoms with van der Waals surface area (Å²) in [6.45, 7) is 2.31. The fraction of sp³-hybridized carbons (Fsp3) is 0.250. The molecule has 1 unspecified atom stereocenters. The van der Waals surface area contributed by atoms with E-state index in [9.17, 15) is 4.79 Å². The summed E-state index contributed by atoms with van der Waals surface area (Å²) in [5.74, 6) is 2.05. The molecule has 3 rings (SSSR count). The monoisotopic (exact) mass is 383 g/mol. The van der Waals surface area contributed by atoms with Gasteiger partial charge in [0.05, 0.1) is 19.9 Å². The van der Waals surface area contributed by atoms with Gasteiger partial charge in [-0.05, 0) is 31.2 Å². The van der Waals surface area contributed by atoms with Crippen molar-refractivity contribution in [3.63, 3.8) is 0 Å². The van der Waals surface area contributed by atoms with E-state index in [1.165, 1.54) is 0 Å². The maximum absolute atomic E-state index is 12.2. The van der Waals surface area contributed by atoms with E-state index < -0.39 is 0 Å². The number of ether oxygens (including phenoxy) is 3. The van der Waals surface area contributed by atoms with Crippen LogP contribution in [0.15, 0.2) is 59.4 Å². The number of hydrogen-bond donors (Lipinski definition) is 1. The molecule has 1 N–H and O–H groups in total. The second-order valence-corrected chi connectivity index (χ2v) is 5.97. The molecule has 8 heteroatoms. The van der Waals surface area contributed by atoms with Crippen LogP contribution in [0.4, 0.5) is 0 Å². The molecule has 1 amide bonds. The quantitative estimate of drug-likeness (QED) is 0.607. The highest BCUT2D eigenvalue weighted by atomic mass is 16.5. The minimum atomic E-state index is -0.349. The Morgan fingerprint density at radius 1 is 1.18 bits per heavy atom. The number of hydrogen-bond acceptors (Lipinski definition) is 7. The van der Waals surface area contributed by atoms with Gasteiger partial charge in [-0.25, -0.2) is 0 Å². The van der Waals surface area contributed by atoms with E-state index in [0.717, 1.165) is 0 Å². The topological polar surface area (TPSA) is 95.7 Å². The van der Waals surface area contributed by atoms with Crippen molar-refractivity contribution in [1.82, 2.24) is 15.5 Å². The van der Waals surface area contributed by atoms with Crippen molar-refractivity contribution in [2.24, 2.45) is 0 Å². The number of aromatic nitrogens is 2. The molecule has 1 atom stereocenters. The third-order valence-corrected chi connectivity index (χ3v) is 3.74. The predicted octanol–water partition coefficient (Wildman–Crippen LogP) is 2.85. The van der Waals surface area contributed by atoms with Gasteiger partial charge in [0.15, 0.2) is 11.5 Å². The van der Waals surface area contributed by atoms with Gasteiger partial charge in [0.25, 0.3) is 5.91 Å². The Hall–Kier alpha value is -3.55. The summed E-state index contributed by atoms with van der Waals surface area (Å²) in [6, 6.07) is 12.3. The Morgan fingerprint density at radius 3 is 2.79 bits per heavy atom. The molecule has 28 heavy (non-hydrogen) atoms. The van der Waals surface area contributed by atoms with Crippen molar-refractivity contribution in [2.45, 2.75) is 19.6 Å². The highest BCUT2D eigenvalue weighted by Gasteiger charge is 2.14. The SMILES string of the molecule is COc1cccc(OCc2cc(C(=O)NCC(C)Oc3cccnc3)no2)c1. The average Bonchev–Trinajstić information content (AvgIpc) is 3.20. The van der Waals surface area contributed by atoms with Gasteiger partial charge in [0.2, 0.25) is 0 Å². The van der Waals surface area contributed by atoms with Gasteiger partial charge in [-0.15, -0.1) is 0 Å². The van der Waals surface area contributed by atoms with Crippen LogP contribution in [-0.2, 0) is 6.61 Å². The van der Waals surface area contributed by atoms with Crippen molar-refractivity contribution in [2.75, 3.05) is 13.7 Å². The van der Waals surface area contributed by atoms with Crippen LogP contribution < -0.4 is 19.5 Å². The summed E-state index contributed by atoms with van der Waals surface area (Å²) in [7, 11) is 1.59. The first-order chi connectivity index (χ1) is 13.6. The lowest BCUT2D eigenvalue weighted by atomic mass is 10.3. The van der Waals surface area contributed by atoms with Crippen LogP contribution in [0.5, 0.6) is 17.2 Å². The fourth-order valence-corrected chi connectivity index (χ4v) is 2.35. The number of rotatable bonds is 9. The van der Waals surface area contributed by atoms with Crippen molar-refractivity contribution in [1.29, 1.82) is 0 Å². The lowest BCUT2D eigenvalue weighted by Gasteiger charge is -2.14. The number of carbonyl (C=O) groups excluding carboxylic acids is 1. The Morgan fingerprint density at radius 2 is 2.00 bits per heavy atom. The number of carbonyl (C=O) groups is 1. The zero-order valence-electron chi connectivity index (χ0n) is 15.6. The van der Waals surface area contributed by atoms with Crippen LogP contribution in [0.25, 0.3) is 0 Å². The lowest BCUT2D eigenvalue weighted by molar-refractivity contribution is 0.0922. The number of amides is 1. The number of benzene rings is 1. The van der Waals surface area contributed by atoms with Crippen LogP contribution >= 0.6 is 0 Å². The van der Waals surface area contributed by atoms with Crippen LogP contribution in [0.1, 0.15) is 23.2 Å². The van der Waals surface area contributed by atoms with E-state index in [4.69, 9.17) is 18.7 Å². The van der Waals surface area contributed by atoms with Crippen molar-refractivity contribution in [3.05, 3.63) is 66.3 Å². The van der Waals surface area contributed by atoms with E-state index >= 15 is 0 Å². The molecule has 2 heterocycles. The fourth-order valence-electron chi connectivity index (χ4n) is 2.35. The van der Waals surface area contributed by atoms with Gasteiger partial charge < -0.3 is 24.1 Å². The first kappa shape index (κ1) is 19.2. The highest BCUT2D eigenvalue weighted by Crippen LogP contribution is 2.20. The van der Waals surface area contributed by atoms with Crippen molar-refractivity contribution in [3.8, 4) is 17.2 Å². The second-order valence-electron chi connectivity index (χ2n) is 5.97. The summed E-state index contributed by atoms with van der Waals surface area (Å²) in [4.78, 5) is 16.2. The minimum absolute atomic E-state index is 0.147. The molecule has 1 aromatic carbocycles. The Bertz CT molecular complexity index is 898. The zero-order chi connectivity index (χ0) is 19.8. The van der Waals surface area contributed by atoms with Gasteiger partial charge in [-0.2, -0.15) is 0 Å². The minimum Gasteiger partial charge on any atom is -0.497 e. The summed E-state index contributed by atoms with van der Waals surface area (Å²) in [6.07, 6.45) is 3.06. The predicted molar refractivity (Wildman–Crippen MR) is 100 cm³/mol. The summed E-state index contributed by atoms with van der Waals surface area (Å²) in [5.41, 5.74) is 0.179. The van der Waals surface area contributed by atoms with Crippen LogP contribution in [0.3, 0.4) is 0 Å². The average molecular weight is 383 g/mol. The van der Waals surface area contributed by atoms with Crippen LogP contribution in [0, 0.1) is 0 Å². The lowest BCUT2D eigenvalue weighted by Crippen LogP contribution is -2.33. The smallest absolute Gasteiger partial charge is 0.273 e. The molecular formula is C20H21N3O5. The second kappa shape index (κ2) is 9.40. The maximum atomic E-state index is 12.2. The number of methoxy groups -OCH3 is 1. The largest absolute Gasteiger partial charge is 0.497 e. The first-order valence-corrected chi connectivity index (χ1v) is 8.71. The molecule has 0 aliphatic heterocycles. The normalized spacial score (nSPS) is 11.5. The van der Waals surface area contributed by atoms with Gasteiger partial charge in [-0.1, -0.05) is 11.2 Å². The van der Waals surface area contributed by atoms with Crippen LogP contribution in [-0.4, -0.2) is 35.8 Å². The number of nitrogens with zero attached hydrogens (tertiary/aromatic N) is 2. The molecule has 0 radical (unpaired) electrons. The highest BCUT2D eigenvalue weighted by molar-refractivity contribution is 5.92. The summed E-state index contributed by atoms with van der Waals surface area (Å²) in [5, 5.41) is 6.54. The maximum Gasteiger partial charge on any atom is 0.273 e. The summed E-state index contributed by atoms with van der Waals surface area (Å²) < 4.78 is 21.6. The van der Waals surface area contributed by atoms with E-state index in [-0.39, 0.29) is 24.3 Å². The standard InChI is InChI=1S/C20H21N3O5/c1-14(27-17-7-4-8-21-12-17)11-22-20(24)19-10-18(28-23-19)13-26-16-6-3-5-15(9-16)25-2/h3-10,12,14H,11,13H2,1-2H3,(H,22,24). The number of pyridine rings is 1. The molecule has 0 aliphatic rings. The Kier molecular flexibility index (Phi) is 6.46. The molecule has 0 saturated carbocycles. The van der Waals surface area contributed by atoms with E-state index in [1.807, 2.05) is 19.1 Å². The zero-order valence-corrected chi connectivity index (χ0v) is 15.6. The van der Waals surface area contributed by atoms with Gasteiger partial charge in [0.1, 0.15) is 30.0 Å². The third kappa shape index (κ3) is 5.47.